The van der Waals surface area contributed by atoms with E-state index in [0.717, 1.165) is 7.16 Å². The van der Waals surface area contributed by atoms with Gasteiger partial charge in [-0.1, -0.05) is 52.3 Å². The van der Waals surface area contributed by atoms with Crippen LogP contribution >= 0.6 is 45.2 Å². The molecule has 0 radical (unpaired) electrons. The Morgan fingerprint density at radius 1 is 0.846 bits per heavy atom. The molecule has 0 aliphatic heterocycles. The Morgan fingerprint density at radius 3 is 1.31 bits per heavy atom. The molecule has 2 rings (SSSR count). The van der Waals surface area contributed by atoms with Gasteiger partial charge < -0.3 is 0 Å². The molecular weight excluding hydrogens is 430 g/mol. The Morgan fingerprint density at radius 2 is 1.23 bits per heavy atom. The second-order valence-electron chi connectivity index (χ2n) is 1.63. The van der Waals surface area contributed by atoms with Crippen LogP contribution in [0.5, 0.6) is 0 Å². The Balaban J connectivity index is 0.000000206. The van der Waals surface area contributed by atoms with Gasteiger partial charge in [0, 0.05) is 0 Å². The summed E-state index contributed by atoms with van der Waals surface area (Å²) in [6.07, 6.45) is 5.50. The first-order valence-corrected chi connectivity index (χ1v) is 5.04. The molecule has 0 saturated heterocycles. The van der Waals surface area contributed by atoms with E-state index < -0.39 is 0 Å². The summed E-state index contributed by atoms with van der Waals surface area (Å²) in [5.41, 5.74) is 16.0. The molecule has 0 fully saturated rings. The van der Waals surface area contributed by atoms with Crippen molar-refractivity contribution in [1.82, 2.24) is 0 Å². The molecule has 0 amide bonds. The molecule has 0 unspecified atom stereocenters. The summed E-state index contributed by atoms with van der Waals surface area (Å²) in [5.74, 6) is 0. The van der Waals surface area contributed by atoms with Crippen LogP contribution < -0.4 is 0 Å². The maximum atomic E-state index is 2.75. The number of halogens is 2. The van der Waals surface area contributed by atoms with Crippen molar-refractivity contribution in [1.29, 1.82) is 0 Å². The van der Waals surface area contributed by atoms with E-state index in [4.69, 9.17) is 0 Å². The standard InChI is InChI=1S/2C5I.Fe/c2*6-5-3-1-2-4-5;/q2*-1;+2. The molecule has 0 nitrogen and oxygen atoms in total. The van der Waals surface area contributed by atoms with E-state index in [0.29, 0.717) is 0 Å². The predicted octanol–water partition coefficient (Wildman–Crippen LogP) is 3.17. The summed E-state index contributed by atoms with van der Waals surface area (Å²) < 4.78 is 1.90. The van der Waals surface area contributed by atoms with Gasteiger partial charge in [-0.15, -0.1) is 12.2 Å². The molecule has 0 spiro atoms. The van der Waals surface area contributed by atoms with Gasteiger partial charge in [0.25, 0.3) is 0 Å². The monoisotopic (exact) mass is 430 g/mol. The average Bonchev–Trinajstić information content (AvgIpc) is 2.63. The SMILES string of the molecule is IC1=C=C=C=[C-]1.IC1=C=C=C=[C-]1.[Fe+2]. The van der Waals surface area contributed by atoms with Gasteiger partial charge in [0.1, 0.15) is 0 Å². The Hall–Kier alpha value is 0.139. The molecule has 0 aromatic carbocycles. The summed E-state index contributed by atoms with van der Waals surface area (Å²) in [7, 11) is 0. The maximum absolute atomic E-state index is 2.75. The van der Waals surface area contributed by atoms with Gasteiger partial charge in [-0.3, -0.25) is 22.9 Å². The van der Waals surface area contributed by atoms with Crippen molar-refractivity contribution >= 4 is 45.2 Å². The molecular formula is C10FeI2. The van der Waals surface area contributed by atoms with E-state index in [1.165, 1.54) is 0 Å². The fourth-order valence-corrected chi connectivity index (χ4v) is 0.946. The molecule has 0 aromatic rings. The first-order valence-electron chi connectivity index (χ1n) is 2.88. The summed E-state index contributed by atoms with van der Waals surface area (Å²) in [5, 5.41) is 0. The predicted molar refractivity (Wildman–Crippen MR) is 62.6 cm³/mol. The summed E-state index contributed by atoms with van der Waals surface area (Å²) in [6, 6.07) is 0. The first kappa shape index (κ1) is 13.1. The van der Waals surface area contributed by atoms with Crippen LogP contribution in [0.3, 0.4) is 0 Å². The van der Waals surface area contributed by atoms with Crippen LogP contribution in [0, 0.1) is 12.2 Å². The van der Waals surface area contributed by atoms with Crippen molar-refractivity contribution in [2.24, 2.45) is 0 Å². The van der Waals surface area contributed by atoms with Crippen LogP contribution in [0.25, 0.3) is 0 Å². The quantitative estimate of drug-likeness (QED) is 0.240. The van der Waals surface area contributed by atoms with Gasteiger partial charge in [-0.25, -0.2) is 11.5 Å². The third-order valence-corrected chi connectivity index (χ3v) is 1.89. The van der Waals surface area contributed by atoms with E-state index in [9.17, 15) is 0 Å². The third-order valence-electron chi connectivity index (χ3n) is 0.814. The van der Waals surface area contributed by atoms with Crippen molar-refractivity contribution in [3.63, 3.8) is 0 Å². The zero-order valence-corrected chi connectivity index (χ0v) is 11.5. The molecule has 0 bridgehead atoms. The van der Waals surface area contributed by atoms with E-state index in [2.05, 4.69) is 91.7 Å². The summed E-state index contributed by atoms with van der Waals surface area (Å²) in [6.45, 7) is 0. The molecule has 0 aromatic heterocycles. The van der Waals surface area contributed by atoms with Crippen molar-refractivity contribution in [2.75, 3.05) is 0 Å². The van der Waals surface area contributed by atoms with Gasteiger partial charge >= 0.3 is 17.1 Å². The Labute approximate surface area is 115 Å². The zero-order chi connectivity index (χ0) is 8.81. The van der Waals surface area contributed by atoms with Crippen LogP contribution in [-0.4, -0.2) is 0 Å². The van der Waals surface area contributed by atoms with E-state index in [1.807, 2.05) is 0 Å². The maximum Gasteiger partial charge on any atom is 2.00 e. The Kier molecular flexibility index (Phi) is 7.62. The van der Waals surface area contributed by atoms with Crippen molar-refractivity contribution < 1.29 is 17.1 Å². The fraction of sp³-hybridized carbons (Fsp3) is 0. The first-order chi connectivity index (χ1) is 5.79. The number of hydrogen-bond acceptors (Lipinski definition) is 0. The van der Waals surface area contributed by atoms with Crippen molar-refractivity contribution in [3.05, 3.63) is 53.7 Å². The molecule has 0 saturated carbocycles. The molecule has 0 heterocycles. The van der Waals surface area contributed by atoms with E-state index in [1.54, 1.807) is 0 Å². The zero-order valence-electron chi connectivity index (χ0n) is 6.11. The average molecular weight is 430 g/mol. The minimum absolute atomic E-state index is 0. The number of rotatable bonds is 0. The minimum Gasteiger partial charge on any atom is -0.280 e. The van der Waals surface area contributed by atoms with Crippen LogP contribution in [-0.2, 0) is 17.1 Å². The largest absolute Gasteiger partial charge is 2.00 e. The van der Waals surface area contributed by atoms with Crippen LogP contribution in [0.15, 0.2) is 41.5 Å². The molecule has 0 atom stereocenters. The fourth-order valence-electron chi connectivity index (χ4n) is 0.407. The molecule has 2 aliphatic carbocycles. The molecule has 13 heavy (non-hydrogen) atoms. The molecule has 62 valence electrons. The number of hydrogen-bond donors (Lipinski definition) is 0. The van der Waals surface area contributed by atoms with Crippen LogP contribution in [0.1, 0.15) is 0 Å². The van der Waals surface area contributed by atoms with Gasteiger partial charge in [0.2, 0.25) is 0 Å². The summed E-state index contributed by atoms with van der Waals surface area (Å²) >= 11 is 4.20. The van der Waals surface area contributed by atoms with E-state index in [-0.39, 0.29) is 17.1 Å². The Bertz CT molecular complexity index is 415. The van der Waals surface area contributed by atoms with Gasteiger partial charge in [0.15, 0.2) is 0 Å². The molecule has 3 heteroatoms. The van der Waals surface area contributed by atoms with Crippen molar-refractivity contribution in [3.8, 4) is 0 Å². The smallest absolute Gasteiger partial charge is 0.280 e. The van der Waals surface area contributed by atoms with Crippen molar-refractivity contribution in [2.45, 2.75) is 0 Å². The normalized spacial score (nSPS) is 12.2. The van der Waals surface area contributed by atoms with Crippen LogP contribution in [0.2, 0.25) is 0 Å². The molecule has 0 N–H and O–H groups in total. The second-order valence-corrected chi connectivity index (χ2v) is 3.79. The van der Waals surface area contributed by atoms with Gasteiger partial charge in [0.05, 0.1) is 0 Å². The topological polar surface area (TPSA) is 0 Å². The van der Waals surface area contributed by atoms with Crippen LogP contribution in [0.4, 0.5) is 0 Å². The number of allylic oxidation sites excluding steroid dienone is 4. The van der Waals surface area contributed by atoms with E-state index >= 15 is 0 Å². The minimum atomic E-state index is 0. The summed E-state index contributed by atoms with van der Waals surface area (Å²) in [4.78, 5) is 0. The third kappa shape index (κ3) is 6.24. The second kappa shape index (κ2) is 7.53. The van der Waals surface area contributed by atoms with Gasteiger partial charge in [-0.2, -0.15) is 0 Å². The molecule has 2 aliphatic rings. The van der Waals surface area contributed by atoms with Gasteiger partial charge in [-0.05, 0) is 0 Å².